The van der Waals surface area contributed by atoms with Gasteiger partial charge in [0.2, 0.25) is 0 Å². The second-order valence-electron chi connectivity index (χ2n) is 6.59. The molecule has 0 radical (unpaired) electrons. The second kappa shape index (κ2) is 8.66. The SMILES string of the molecule is CC[C@@H](CC[C@H](C)NC(=O)OC(C)(C)C)Oc1ccccc1. The largest absolute Gasteiger partial charge is 0.490 e. The van der Waals surface area contributed by atoms with E-state index in [-0.39, 0.29) is 18.2 Å². The van der Waals surface area contributed by atoms with Gasteiger partial charge < -0.3 is 14.8 Å². The molecule has 4 nitrogen and oxygen atoms in total. The van der Waals surface area contributed by atoms with Crippen molar-refractivity contribution < 1.29 is 14.3 Å². The summed E-state index contributed by atoms with van der Waals surface area (Å²) in [5.41, 5.74) is -0.466. The normalized spacial score (nSPS) is 14.0. The summed E-state index contributed by atoms with van der Waals surface area (Å²) in [6.07, 6.45) is 2.48. The van der Waals surface area contributed by atoms with Crippen molar-refractivity contribution in [1.29, 1.82) is 0 Å². The Bertz CT molecular complexity index is 439. The van der Waals surface area contributed by atoms with E-state index in [0.29, 0.717) is 0 Å². The molecule has 4 heteroatoms. The fourth-order valence-electron chi connectivity index (χ4n) is 2.05. The number of ether oxygens (including phenoxy) is 2. The van der Waals surface area contributed by atoms with E-state index in [4.69, 9.17) is 9.47 Å². The average Bonchev–Trinajstić information content (AvgIpc) is 2.42. The van der Waals surface area contributed by atoms with Gasteiger partial charge in [-0.1, -0.05) is 25.1 Å². The summed E-state index contributed by atoms with van der Waals surface area (Å²) in [6, 6.07) is 9.89. The molecule has 0 fully saturated rings. The molecule has 0 bridgehead atoms. The van der Waals surface area contributed by atoms with Crippen LogP contribution >= 0.6 is 0 Å². The van der Waals surface area contributed by atoms with Gasteiger partial charge in [0.25, 0.3) is 0 Å². The van der Waals surface area contributed by atoms with Crippen molar-refractivity contribution in [2.75, 3.05) is 0 Å². The summed E-state index contributed by atoms with van der Waals surface area (Å²) in [4.78, 5) is 11.7. The fraction of sp³-hybridized carbons (Fsp3) is 0.611. The van der Waals surface area contributed by atoms with Gasteiger partial charge in [0.05, 0.1) is 6.10 Å². The molecule has 0 unspecified atom stereocenters. The van der Waals surface area contributed by atoms with Crippen LogP contribution in [0.2, 0.25) is 0 Å². The number of hydrogen-bond donors (Lipinski definition) is 1. The third-order valence-electron chi connectivity index (χ3n) is 3.19. The first-order valence-corrected chi connectivity index (χ1v) is 8.01. The predicted octanol–water partition coefficient (Wildman–Crippen LogP) is 4.54. The number of nitrogens with one attached hydrogen (secondary N) is 1. The van der Waals surface area contributed by atoms with E-state index >= 15 is 0 Å². The second-order valence-corrected chi connectivity index (χ2v) is 6.59. The molecule has 124 valence electrons. The molecule has 1 aromatic rings. The molecule has 1 N–H and O–H groups in total. The maximum atomic E-state index is 11.7. The lowest BCUT2D eigenvalue weighted by molar-refractivity contribution is 0.0501. The molecule has 1 aromatic carbocycles. The number of benzene rings is 1. The van der Waals surface area contributed by atoms with Crippen LogP contribution in [0.3, 0.4) is 0 Å². The summed E-state index contributed by atoms with van der Waals surface area (Å²) >= 11 is 0. The molecular formula is C18H29NO3. The molecule has 0 spiro atoms. The Morgan fingerprint density at radius 2 is 1.82 bits per heavy atom. The van der Waals surface area contributed by atoms with Crippen molar-refractivity contribution in [2.45, 2.75) is 71.6 Å². The van der Waals surface area contributed by atoms with E-state index in [0.717, 1.165) is 25.0 Å². The summed E-state index contributed by atoms with van der Waals surface area (Å²) in [7, 11) is 0. The predicted molar refractivity (Wildman–Crippen MR) is 89.2 cm³/mol. The number of carbonyl (C=O) groups excluding carboxylic acids is 1. The first-order valence-electron chi connectivity index (χ1n) is 8.01. The molecule has 2 atom stereocenters. The fourth-order valence-corrected chi connectivity index (χ4v) is 2.05. The molecule has 0 saturated heterocycles. The molecule has 22 heavy (non-hydrogen) atoms. The molecule has 1 rings (SSSR count). The summed E-state index contributed by atoms with van der Waals surface area (Å²) in [6.45, 7) is 9.67. The van der Waals surface area contributed by atoms with Gasteiger partial charge in [0.15, 0.2) is 0 Å². The van der Waals surface area contributed by atoms with Gasteiger partial charge in [-0.15, -0.1) is 0 Å². The third-order valence-corrected chi connectivity index (χ3v) is 3.19. The zero-order chi connectivity index (χ0) is 16.6. The van der Waals surface area contributed by atoms with Gasteiger partial charge in [0.1, 0.15) is 11.4 Å². The van der Waals surface area contributed by atoms with E-state index in [2.05, 4.69) is 12.2 Å². The van der Waals surface area contributed by atoms with Crippen LogP contribution in [-0.2, 0) is 4.74 Å². The van der Waals surface area contributed by atoms with Crippen molar-refractivity contribution in [3.63, 3.8) is 0 Å². The lowest BCUT2D eigenvalue weighted by Crippen LogP contribution is -2.38. The van der Waals surface area contributed by atoms with Gasteiger partial charge in [-0.2, -0.15) is 0 Å². The maximum Gasteiger partial charge on any atom is 0.407 e. The van der Waals surface area contributed by atoms with E-state index in [9.17, 15) is 4.79 Å². The molecule has 0 aromatic heterocycles. The smallest absolute Gasteiger partial charge is 0.407 e. The number of carbonyl (C=O) groups is 1. The summed E-state index contributed by atoms with van der Waals surface area (Å²) in [5.74, 6) is 0.891. The highest BCUT2D eigenvalue weighted by Crippen LogP contribution is 2.16. The molecule has 0 aliphatic rings. The number of para-hydroxylation sites is 1. The topological polar surface area (TPSA) is 47.6 Å². The van der Waals surface area contributed by atoms with Gasteiger partial charge in [0, 0.05) is 6.04 Å². The average molecular weight is 307 g/mol. The van der Waals surface area contributed by atoms with Crippen LogP contribution in [0.15, 0.2) is 30.3 Å². The highest BCUT2D eigenvalue weighted by molar-refractivity contribution is 5.67. The van der Waals surface area contributed by atoms with Crippen LogP contribution in [-0.4, -0.2) is 23.8 Å². The van der Waals surface area contributed by atoms with Crippen LogP contribution < -0.4 is 10.1 Å². The van der Waals surface area contributed by atoms with Crippen molar-refractivity contribution in [3.05, 3.63) is 30.3 Å². The zero-order valence-corrected chi connectivity index (χ0v) is 14.4. The molecule has 0 saturated carbocycles. The van der Waals surface area contributed by atoms with Crippen LogP contribution in [0, 0.1) is 0 Å². The van der Waals surface area contributed by atoms with Gasteiger partial charge in [-0.25, -0.2) is 4.79 Å². The van der Waals surface area contributed by atoms with Crippen molar-refractivity contribution >= 4 is 6.09 Å². The van der Waals surface area contributed by atoms with Crippen molar-refractivity contribution in [1.82, 2.24) is 5.32 Å². The highest BCUT2D eigenvalue weighted by atomic mass is 16.6. The number of rotatable bonds is 7. The Balaban J connectivity index is 2.35. The van der Waals surface area contributed by atoms with Crippen molar-refractivity contribution in [2.24, 2.45) is 0 Å². The Kier molecular flexibility index (Phi) is 7.22. The Morgan fingerprint density at radius 3 is 2.36 bits per heavy atom. The molecule has 0 aliphatic heterocycles. The lowest BCUT2D eigenvalue weighted by Gasteiger charge is -2.23. The van der Waals surface area contributed by atoms with Gasteiger partial charge in [-0.3, -0.25) is 0 Å². The lowest BCUT2D eigenvalue weighted by atomic mass is 10.1. The first kappa shape index (κ1) is 18.3. The number of amides is 1. The molecule has 0 aliphatic carbocycles. The van der Waals surface area contributed by atoms with E-state index in [1.165, 1.54) is 0 Å². The molecule has 1 amide bonds. The number of hydrogen-bond acceptors (Lipinski definition) is 3. The summed E-state index contributed by atoms with van der Waals surface area (Å²) in [5, 5.41) is 2.86. The molecular weight excluding hydrogens is 278 g/mol. The Hall–Kier alpha value is -1.71. The van der Waals surface area contributed by atoms with Crippen LogP contribution in [0.25, 0.3) is 0 Å². The van der Waals surface area contributed by atoms with Crippen molar-refractivity contribution in [3.8, 4) is 5.75 Å². The monoisotopic (exact) mass is 307 g/mol. The molecule has 0 heterocycles. The standard InChI is InChI=1S/C18H29NO3/c1-6-15(21-16-10-8-7-9-11-16)13-12-14(2)19-17(20)22-18(3,4)5/h7-11,14-15H,6,12-13H2,1-5H3,(H,19,20)/t14-,15-/m0/s1. The maximum absolute atomic E-state index is 11.7. The summed E-state index contributed by atoms with van der Waals surface area (Å²) < 4.78 is 11.2. The minimum atomic E-state index is -0.466. The van der Waals surface area contributed by atoms with E-state index in [1.807, 2.05) is 58.0 Å². The number of alkyl carbamates (subject to hydrolysis) is 1. The Morgan fingerprint density at radius 1 is 1.18 bits per heavy atom. The zero-order valence-electron chi connectivity index (χ0n) is 14.4. The van der Waals surface area contributed by atoms with Crippen LogP contribution in [0.1, 0.15) is 53.9 Å². The minimum absolute atomic E-state index is 0.0586. The third kappa shape index (κ3) is 7.91. The quantitative estimate of drug-likeness (QED) is 0.804. The highest BCUT2D eigenvalue weighted by Gasteiger charge is 2.18. The first-order chi connectivity index (χ1) is 10.3. The minimum Gasteiger partial charge on any atom is -0.490 e. The van der Waals surface area contributed by atoms with E-state index in [1.54, 1.807) is 0 Å². The van der Waals surface area contributed by atoms with Crippen LogP contribution in [0.5, 0.6) is 5.75 Å². The van der Waals surface area contributed by atoms with Crippen LogP contribution in [0.4, 0.5) is 4.79 Å². The van der Waals surface area contributed by atoms with Gasteiger partial charge in [-0.05, 0) is 59.1 Å². The van der Waals surface area contributed by atoms with E-state index < -0.39 is 5.60 Å². The Labute approximate surface area is 134 Å². The van der Waals surface area contributed by atoms with Gasteiger partial charge >= 0.3 is 6.09 Å².